The summed E-state index contributed by atoms with van der Waals surface area (Å²) in [7, 11) is 0. The summed E-state index contributed by atoms with van der Waals surface area (Å²) in [4.78, 5) is 2.43. The molecule has 1 aromatic rings. The van der Waals surface area contributed by atoms with Gasteiger partial charge in [-0.1, -0.05) is 19.8 Å². The molecule has 1 saturated heterocycles. The molecule has 0 unspecified atom stereocenters. The Morgan fingerprint density at radius 2 is 1.83 bits per heavy atom. The maximum atomic E-state index is 5.97. The monoisotopic (exact) mass is 248 g/mol. The summed E-state index contributed by atoms with van der Waals surface area (Å²) in [5, 5.41) is 0. The van der Waals surface area contributed by atoms with E-state index in [2.05, 4.69) is 24.0 Å². The van der Waals surface area contributed by atoms with Gasteiger partial charge >= 0.3 is 0 Å². The molecule has 2 N–H and O–H groups in total. The Labute approximate surface area is 110 Å². The maximum absolute atomic E-state index is 5.97. The lowest BCUT2D eigenvalue weighted by Crippen LogP contribution is -2.23. The molecule has 1 fully saturated rings. The Morgan fingerprint density at radius 3 is 2.50 bits per heavy atom. The summed E-state index contributed by atoms with van der Waals surface area (Å²) in [5.41, 5.74) is 7.98. The molecule has 1 aromatic carbocycles. The quantitative estimate of drug-likeness (QED) is 0.830. The normalized spacial score (nSPS) is 16.4. The lowest BCUT2D eigenvalue weighted by Gasteiger charge is -2.23. The number of nitrogens with two attached hydrogens (primary N) is 1. The molecule has 2 rings (SSSR count). The molecule has 0 amide bonds. The average Bonchev–Trinajstić information content (AvgIpc) is 2.64. The standard InChI is InChI=1S/C15H24N2O/c1-2-9-18-15-11-13(16)10-14(12-15)17-7-5-3-4-6-8-17/h10-12H,2-9,16H2,1H3. The Kier molecular flexibility index (Phi) is 4.73. The van der Waals surface area contributed by atoms with Crippen LogP contribution in [0.2, 0.25) is 0 Å². The third kappa shape index (κ3) is 3.56. The molecular weight excluding hydrogens is 224 g/mol. The third-order valence-electron chi connectivity index (χ3n) is 3.36. The van der Waals surface area contributed by atoms with Gasteiger partial charge in [-0.05, 0) is 25.3 Å². The van der Waals surface area contributed by atoms with E-state index in [-0.39, 0.29) is 0 Å². The van der Waals surface area contributed by atoms with Crippen LogP contribution in [-0.4, -0.2) is 19.7 Å². The van der Waals surface area contributed by atoms with Crippen LogP contribution in [0.4, 0.5) is 11.4 Å². The van der Waals surface area contributed by atoms with Gasteiger partial charge in [0.05, 0.1) is 6.61 Å². The Balaban J connectivity index is 2.12. The van der Waals surface area contributed by atoms with Crippen molar-refractivity contribution in [1.29, 1.82) is 0 Å². The molecule has 1 aliphatic rings. The van der Waals surface area contributed by atoms with Crippen molar-refractivity contribution in [3.8, 4) is 5.75 Å². The van der Waals surface area contributed by atoms with E-state index < -0.39 is 0 Å². The molecule has 0 spiro atoms. The maximum Gasteiger partial charge on any atom is 0.123 e. The van der Waals surface area contributed by atoms with Crippen molar-refractivity contribution in [3.05, 3.63) is 18.2 Å². The van der Waals surface area contributed by atoms with Crippen LogP contribution in [0.15, 0.2) is 18.2 Å². The van der Waals surface area contributed by atoms with Crippen LogP contribution in [0.5, 0.6) is 5.75 Å². The minimum absolute atomic E-state index is 0.753. The fourth-order valence-corrected chi connectivity index (χ4v) is 2.42. The zero-order chi connectivity index (χ0) is 12.8. The van der Waals surface area contributed by atoms with E-state index in [9.17, 15) is 0 Å². The fraction of sp³-hybridized carbons (Fsp3) is 0.600. The van der Waals surface area contributed by atoms with Crippen molar-refractivity contribution < 1.29 is 4.74 Å². The predicted molar refractivity (Wildman–Crippen MR) is 77.3 cm³/mol. The number of anilines is 2. The zero-order valence-electron chi connectivity index (χ0n) is 11.3. The highest BCUT2D eigenvalue weighted by Gasteiger charge is 2.11. The smallest absolute Gasteiger partial charge is 0.123 e. The van der Waals surface area contributed by atoms with Gasteiger partial charge in [0.1, 0.15) is 5.75 Å². The van der Waals surface area contributed by atoms with Crippen molar-refractivity contribution in [2.45, 2.75) is 39.0 Å². The van der Waals surface area contributed by atoms with Crippen molar-refractivity contribution in [1.82, 2.24) is 0 Å². The first kappa shape index (κ1) is 13.1. The van der Waals surface area contributed by atoms with Gasteiger partial charge in [0.2, 0.25) is 0 Å². The third-order valence-corrected chi connectivity index (χ3v) is 3.36. The van der Waals surface area contributed by atoms with Crippen molar-refractivity contribution in [2.24, 2.45) is 0 Å². The topological polar surface area (TPSA) is 38.5 Å². The van der Waals surface area contributed by atoms with Gasteiger partial charge in [0, 0.05) is 36.6 Å². The summed E-state index contributed by atoms with van der Waals surface area (Å²) >= 11 is 0. The minimum atomic E-state index is 0.753. The van der Waals surface area contributed by atoms with Crippen LogP contribution in [0, 0.1) is 0 Å². The number of benzene rings is 1. The van der Waals surface area contributed by atoms with Gasteiger partial charge in [0.25, 0.3) is 0 Å². The Bertz CT molecular complexity index is 371. The molecule has 0 aliphatic carbocycles. The van der Waals surface area contributed by atoms with Crippen LogP contribution >= 0.6 is 0 Å². The predicted octanol–water partition coefficient (Wildman–Crippen LogP) is 3.44. The molecule has 3 nitrogen and oxygen atoms in total. The second-order valence-electron chi connectivity index (χ2n) is 5.01. The van der Waals surface area contributed by atoms with Gasteiger partial charge in [-0.2, -0.15) is 0 Å². The zero-order valence-corrected chi connectivity index (χ0v) is 11.3. The van der Waals surface area contributed by atoms with Crippen LogP contribution in [0.25, 0.3) is 0 Å². The number of nitrogen functional groups attached to an aromatic ring is 1. The number of rotatable bonds is 4. The van der Waals surface area contributed by atoms with E-state index in [0.29, 0.717) is 0 Å². The van der Waals surface area contributed by atoms with Crippen LogP contribution in [-0.2, 0) is 0 Å². The van der Waals surface area contributed by atoms with E-state index in [1.54, 1.807) is 0 Å². The summed E-state index contributed by atoms with van der Waals surface area (Å²) in [6.07, 6.45) is 6.27. The van der Waals surface area contributed by atoms with E-state index in [1.807, 2.05) is 6.07 Å². The number of nitrogens with zero attached hydrogens (tertiary/aromatic N) is 1. The Hall–Kier alpha value is -1.38. The summed E-state index contributed by atoms with van der Waals surface area (Å²) in [6.45, 7) is 5.14. The molecule has 100 valence electrons. The molecular formula is C15H24N2O. The SMILES string of the molecule is CCCOc1cc(N)cc(N2CCCCCC2)c1. The summed E-state index contributed by atoms with van der Waals surface area (Å²) in [6, 6.07) is 6.10. The summed E-state index contributed by atoms with van der Waals surface area (Å²) in [5.74, 6) is 0.899. The van der Waals surface area contributed by atoms with Crippen molar-refractivity contribution in [3.63, 3.8) is 0 Å². The lowest BCUT2D eigenvalue weighted by molar-refractivity contribution is 0.317. The van der Waals surface area contributed by atoms with Gasteiger partial charge in [-0.15, -0.1) is 0 Å². The number of hydrogen-bond acceptors (Lipinski definition) is 3. The second-order valence-corrected chi connectivity index (χ2v) is 5.01. The van der Waals surface area contributed by atoms with E-state index >= 15 is 0 Å². The second kappa shape index (κ2) is 6.53. The Morgan fingerprint density at radius 1 is 1.11 bits per heavy atom. The van der Waals surface area contributed by atoms with Gasteiger partial charge in [0.15, 0.2) is 0 Å². The summed E-state index contributed by atoms with van der Waals surface area (Å²) < 4.78 is 5.69. The molecule has 0 aromatic heterocycles. The lowest BCUT2D eigenvalue weighted by atomic mass is 10.2. The van der Waals surface area contributed by atoms with Crippen molar-refractivity contribution >= 4 is 11.4 Å². The molecule has 1 aliphatic heterocycles. The molecule has 1 heterocycles. The van der Waals surface area contributed by atoms with Gasteiger partial charge in [-0.25, -0.2) is 0 Å². The van der Waals surface area contributed by atoms with Crippen LogP contribution in [0.3, 0.4) is 0 Å². The van der Waals surface area contributed by atoms with Gasteiger partial charge in [-0.3, -0.25) is 0 Å². The molecule has 0 saturated carbocycles. The highest BCUT2D eigenvalue weighted by Crippen LogP contribution is 2.27. The fourth-order valence-electron chi connectivity index (χ4n) is 2.42. The highest BCUT2D eigenvalue weighted by atomic mass is 16.5. The van der Waals surface area contributed by atoms with E-state index in [4.69, 9.17) is 10.5 Å². The molecule has 0 bridgehead atoms. The van der Waals surface area contributed by atoms with E-state index in [0.717, 1.165) is 37.6 Å². The number of ether oxygens (including phenoxy) is 1. The average molecular weight is 248 g/mol. The number of hydrogen-bond donors (Lipinski definition) is 1. The molecule has 18 heavy (non-hydrogen) atoms. The van der Waals surface area contributed by atoms with Gasteiger partial charge < -0.3 is 15.4 Å². The first-order valence-electron chi connectivity index (χ1n) is 7.08. The first-order valence-corrected chi connectivity index (χ1v) is 7.08. The van der Waals surface area contributed by atoms with E-state index in [1.165, 1.54) is 31.4 Å². The van der Waals surface area contributed by atoms with Crippen LogP contribution < -0.4 is 15.4 Å². The van der Waals surface area contributed by atoms with Crippen molar-refractivity contribution in [2.75, 3.05) is 30.3 Å². The molecule has 0 radical (unpaired) electrons. The largest absolute Gasteiger partial charge is 0.493 e. The highest BCUT2D eigenvalue weighted by molar-refractivity contribution is 5.60. The first-order chi connectivity index (χ1) is 8.79. The molecule has 0 atom stereocenters. The molecule has 3 heteroatoms. The minimum Gasteiger partial charge on any atom is -0.493 e. The van der Waals surface area contributed by atoms with Crippen LogP contribution in [0.1, 0.15) is 39.0 Å².